The van der Waals surface area contributed by atoms with Crippen LogP contribution in [0.15, 0.2) is 24.9 Å². The molecule has 0 aliphatic carbocycles. The molecular weight excluding hydrogens is 236 g/mol. The van der Waals surface area contributed by atoms with Gasteiger partial charge < -0.3 is 10.1 Å². The summed E-state index contributed by atoms with van der Waals surface area (Å²) in [6.07, 6.45) is 3.30. The molecule has 0 amide bonds. The Labute approximate surface area is 108 Å². The van der Waals surface area contributed by atoms with Gasteiger partial charge in [0.1, 0.15) is 6.61 Å². The van der Waals surface area contributed by atoms with Crippen molar-refractivity contribution in [3.8, 4) is 5.88 Å². The van der Waals surface area contributed by atoms with Crippen LogP contribution in [0.3, 0.4) is 0 Å². The molecule has 94 valence electrons. The number of hydrogen-bond donors (Lipinski definition) is 1. The van der Waals surface area contributed by atoms with Gasteiger partial charge in [-0.2, -0.15) is 0 Å². The molecule has 0 fully saturated rings. The van der Waals surface area contributed by atoms with Gasteiger partial charge in [-0.1, -0.05) is 38.1 Å². The number of aromatic nitrogens is 1. The van der Waals surface area contributed by atoms with Crippen LogP contribution >= 0.6 is 11.6 Å². The smallest absolute Gasteiger partial charge is 0.213 e. The van der Waals surface area contributed by atoms with Crippen molar-refractivity contribution in [2.75, 3.05) is 13.2 Å². The molecule has 0 aliphatic heterocycles. The first-order valence-electron chi connectivity index (χ1n) is 5.72. The normalized spacial score (nSPS) is 10.6. The number of rotatable bonds is 7. The average Bonchev–Trinajstić information content (AvgIpc) is 2.29. The van der Waals surface area contributed by atoms with Gasteiger partial charge >= 0.3 is 0 Å². The highest BCUT2D eigenvalue weighted by Gasteiger charge is 2.04. The maximum atomic E-state index is 6.07. The Hall–Kier alpha value is -1.06. The van der Waals surface area contributed by atoms with Gasteiger partial charge in [-0.15, -0.1) is 0 Å². The van der Waals surface area contributed by atoms with Crippen molar-refractivity contribution < 1.29 is 4.74 Å². The van der Waals surface area contributed by atoms with Crippen LogP contribution in [0, 0.1) is 5.92 Å². The quantitative estimate of drug-likeness (QED) is 0.760. The van der Waals surface area contributed by atoms with E-state index in [1.54, 1.807) is 12.3 Å². The summed E-state index contributed by atoms with van der Waals surface area (Å²) in [5.41, 5.74) is 1.00. The molecule has 0 saturated carbocycles. The molecule has 1 N–H and O–H groups in total. The zero-order valence-corrected chi connectivity index (χ0v) is 11.1. The molecule has 0 aromatic carbocycles. The topological polar surface area (TPSA) is 34.1 Å². The molecule has 0 spiro atoms. The molecular formula is C13H19ClN2O. The summed E-state index contributed by atoms with van der Waals surface area (Å²) in [5, 5.41) is 4.00. The van der Waals surface area contributed by atoms with E-state index in [0.717, 1.165) is 18.7 Å². The molecule has 0 unspecified atom stereocenters. The Kier molecular flexibility index (Phi) is 6.01. The van der Waals surface area contributed by atoms with Crippen molar-refractivity contribution in [2.45, 2.75) is 20.4 Å². The number of nitrogens with one attached hydrogen (secondary N) is 1. The van der Waals surface area contributed by atoms with Crippen LogP contribution in [0.25, 0.3) is 0 Å². The van der Waals surface area contributed by atoms with Crippen LogP contribution < -0.4 is 10.1 Å². The van der Waals surface area contributed by atoms with E-state index in [4.69, 9.17) is 16.3 Å². The van der Waals surface area contributed by atoms with Crippen molar-refractivity contribution in [3.05, 3.63) is 35.5 Å². The molecule has 1 heterocycles. The van der Waals surface area contributed by atoms with Crippen LogP contribution in [-0.2, 0) is 6.54 Å². The third kappa shape index (κ3) is 5.20. The fraction of sp³-hybridized carbons (Fsp3) is 0.462. The van der Waals surface area contributed by atoms with E-state index >= 15 is 0 Å². The van der Waals surface area contributed by atoms with Crippen LogP contribution in [0.5, 0.6) is 5.88 Å². The Balaban J connectivity index is 2.59. The lowest BCUT2D eigenvalue weighted by atomic mass is 10.2. The summed E-state index contributed by atoms with van der Waals surface area (Å²) in [6.45, 7) is 10.1. The Morgan fingerprint density at radius 1 is 1.59 bits per heavy atom. The molecule has 1 aromatic rings. The second-order valence-electron chi connectivity index (χ2n) is 4.24. The van der Waals surface area contributed by atoms with E-state index in [1.807, 2.05) is 6.07 Å². The molecule has 4 heteroatoms. The highest BCUT2D eigenvalue weighted by atomic mass is 35.5. The van der Waals surface area contributed by atoms with Gasteiger partial charge in [0.2, 0.25) is 5.88 Å². The molecule has 3 nitrogen and oxygen atoms in total. The van der Waals surface area contributed by atoms with Crippen molar-refractivity contribution in [1.82, 2.24) is 10.3 Å². The third-order valence-electron chi connectivity index (χ3n) is 2.13. The van der Waals surface area contributed by atoms with Crippen LogP contribution in [0.1, 0.15) is 19.4 Å². The molecule has 17 heavy (non-hydrogen) atoms. The number of nitrogens with zero attached hydrogens (tertiary/aromatic N) is 1. The highest BCUT2D eigenvalue weighted by Crippen LogP contribution is 2.19. The van der Waals surface area contributed by atoms with Gasteiger partial charge in [-0.05, 0) is 18.0 Å². The van der Waals surface area contributed by atoms with Crippen LogP contribution in [0.2, 0.25) is 5.02 Å². The van der Waals surface area contributed by atoms with Crippen LogP contribution in [-0.4, -0.2) is 18.1 Å². The molecule has 1 rings (SSSR count). The third-order valence-corrected chi connectivity index (χ3v) is 2.47. The zero-order valence-electron chi connectivity index (χ0n) is 10.4. The van der Waals surface area contributed by atoms with Gasteiger partial charge in [-0.3, -0.25) is 0 Å². The van der Waals surface area contributed by atoms with Gasteiger partial charge in [-0.25, -0.2) is 4.98 Å². The van der Waals surface area contributed by atoms with E-state index in [-0.39, 0.29) is 0 Å². The fourth-order valence-corrected chi connectivity index (χ4v) is 1.48. The maximum Gasteiger partial charge on any atom is 0.213 e. The van der Waals surface area contributed by atoms with E-state index < -0.39 is 0 Å². The summed E-state index contributed by atoms with van der Waals surface area (Å²) in [7, 11) is 0. The van der Waals surface area contributed by atoms with Gasteiger partial charge in [0, 0.05) is 18.8 Å². The molecule has 1 aromatic heterocycles. The van der Waals surface area contributed by atoms with E-state index in [1.165, 1.54) is 0 Å². The van der Waals surface area contributed by atoms with E-state index in [0.29, 0.717) is 23.4 Å². The van der Waals surface area contributed by atoms with Gasteiger partial charge in [0.15, 0.2) is 0 Å². The fourth-order valence-electron chi connectivity index (χ4n) is 1.31. The van der Waals surface area contributed by atoms with E-state index in [2.05, 4.69) is 30.7 Å². The SMILES string of the molecule is C=CCOc1cc(CNCC(C)C)c(Cl)cn1. The lowest BCUT2D eigenvalue weighted by Gasteiger charge is -2.10. The van der Waals surface area contributed by atoms with Crippen LogP contribution in [0.4, 0.5) is 0 Å². The maximum absolute atomic E-state index is 6.07. The minimum absolute atomic E-state index is 0.452. The second kappa shape index (κ2) is 7.30. The first kappa shape index (κ1) is 14.0. The van der Waals surface area contributed by atoms with Crippen molar-refractivity contribution in [2.24, 2.45) is 5.92 Å². The first-order chi connectivity index (χ1) is 8.13. The highest BCUT2D eigenvalue weighted by molar-refractivity contribution is 6.31. The van der Waals surface area contributed by atoms with Crippen molar-refractivity contribution in [3.63, 3.8) is 0 Å². The molecule has 0 aliphatic rings. The summed E-state index contributed by atoms with van der Waals surface area (Å²) < 4.78 is 5.36. The summed E-state index contributed by atoms with van der Waals surface area (Å²) in [4.78, 5) is 4.09. The number of halogens is 1. The summed E-state index contributed by atoms with van der Waals surface area (Å²) in [5.74, 6) is 1.20. The first-order valence-corrected chi connectivity index (χ1v) is 6.10. The molecule has 0 saturated heterocycles. The van der Waals surface area contributed by atoms with Gasteiger partial charge in [0.05, 0.1) is 5.02 Å². The predicted octanol–water partition coefficient (Wildman–Crippen LogP) is 3.05. The predicted molar refractivity (Wildman–Crippen MR) is 71.5 cm³/mol. The number of hydrogen-bond acceptors (Lipinski definition) is 3. The lowest BCUT2D eigenvalue weighted by molar-refractivity contribution is 0.348. The summed E-state index contributed by atoms with van der Waals surface area (Å²) in [6, 6.07) is 1.86. The lowest BCUT2D eigenvalue weighted by Crippen LogP contribution is -2.19. The molecule has 0 radical (unpaired) electrons. The largest absolute Gasteiger partial charge is 0.473 e. The monoisotopic (exact) mass is 254 g/mol. The number of ether oxygens (including phenoxy) is 1. The Morgan fingerprint density at radius 3 is 3.00 bits per heavy atom. The number of pyridine rings is 1. The standard InChI is InChI=1S/C13H19ClN2O/c1-4-5-17-13-6-11(12(14)9-16-13)8-15-7-10(2)3/h4,6,9-10,15H,1,5,7-8H2,2-3H3. The van der Waals surface area contributed by atoms with E-state index in [9.17, 15) is 0 Å². The summed E-state index contributed by atoms with van der Waals surface area (Å²) >= 11 is 6.07. The average molecular weight is 255 g/mol. The van der Waals surface area contributed by atoms with Gasteiger partial charge in [0.25, 0.3) is 0 Å². The van der Waals surface area contributed by atoms with Crippen molar-refractivity contribution in [1.29, 1.82) is 0 Å². The minimum Gasteiger partial charge on any atom is -0.473 e. The second-order valence-corrected chi connectivity index (χ2v) is 4.65. The van der Waals surface area contributed by atoms with Crippen molar-refractivity contribution >= 4 is 11.6 Å². The zero-order chi connectivity index (χ0) is 12.7. The Bertz CT molecular complexity index is 366. The minimum atomic E-state index is 0.452. The molecule has 0 atom stereocenters. The molecule has 0 bridgehead atoms. The Morgan fingerprint density at radius 2 is 2.35 bits per heavy atom.